The van der Waals surface area contributed by atoms with Crippen molar-refractivity contribution in [2.75, 3.05) is 24.7 Å². The maximum absolute atomic E-state index is 12.5. The van der Waals surface area contributed by atoms with Crippen LogP contribution in [0.1, 0.15) is 21.3 Å². The second-order valence-corrected chi connectivity index (χ2v) is 8.99. The van der Waals surface area contributed by atoms with Gasteiger partial charge in [-0.05, 0) is 35.2 Å². The highest BCUT2D eigenvalue weighted by atomic mass is 32.2. The van der Waals surface area contributed by atoms with Crippen molar-refractivity contribution in [3.63, 3.8) is 0 Å². The normalized spacial score (nSPS) is 17.4. The van der Waals surface area contributed by atoms with Crippen LogP contribution >= 0.6 is 23.5 Å². The van der Waals surface area contributed by atoms with Crippen molar-refractivity contribution in [1.82, 2.24) is 4.90 Å². The molecule has 0 N–H and O–H groups in total. The second-order valence-electron chi connectivity index (χ2n) is 6.27. The monoisotopic (exact) mass is 371 g/mol. The van der Waals surface area contributed by atoms with Gasteiger partial charge >= 0.3 is 0 Å². The molecule has 3 nitrogen and oxygen atoms in total. The van der Waals surface area contributed by atoms with Crippen LogP contribution in [0.5, 0.6) is 5.75 Å². The highest BCUT2D eigenvalue weighted by Crippen LogP contribution is 2.45. The number of thioether (sulfide) groups is 2. The quantitative estimate of drug-likeness (QED) is 0.808. The second kappa shape index (κ2) is 7.75. The van der Waals surface area contributed by atoms with Crippen LogP contribution in [0.3, 0.4) is 0 Å². The van der Waals surface area contributed by atoms with E-state index in [1.165, 1.54) is 28.2 Å². The van der Waals surface area contributed by atoms with E-state index in [9.17, 15) is 4.79 Å². The average Bonchev–Trinajstić information content (AvgIpc) is 3.21. The Labute approximate surface area is 157 Å². The van der Waals surface area contributed by atoms with Crippen molar-refractivity contribution in [2.45, 2.75) is 17.5 Å². The Hall–Kier alpha value is -1.59. The first-order valence-electron chi connectivity index (χ1n) is 8.60. The number of amides is 1. The van der Waals surface area contributed by atoms with Gasteiger partial charge in [-0.3, -0.25) is 4.79 Å². The average molecular weight is 372 g/mol. The van der Waals surface area contributed by atoms with Crippen LogP contribution in [0.15, 0.2) is 48.5 Å². The molecule has 0 bridgehead atoms. The van der Waals surface area contributed by atoms with Crippen LogP contribution in [0.4, 0.5) is 0 Å². The zero-order valence-corrected chi connectivity index (χ0v) is 15.7. The summed E-state index contributed by atoms with van der Waals surface area (Å²) in [6.45, 7) is 1.57. The van der Waals surface area contributed by atoms with Crippen LogP contribution in [0, 0.1) is 0 Å². The van der Waals surface area contributed by atoms with E-state index >= 15 is 0 Å². The summed E-state index contributed by atoms with van der Waals surface area (Å²) in [5, 5.41) is 0. The standard InChI is InChI=1S/C20H21NO2S2/c22-19(21-10-9-15-3-1-2-4-17(15)13-21)14-23-18-7-5-16(6-8-18)20-24-11-12-25-20/h1-8,20H,9-14H2. The van der Waals surface area contributed by atoms with Gasteiger partial charge in [0, 0.05) is 24.6 Å². The van der Waals surface area contributed by atoms with Gasteiger partial charge in [-0.25, -0.2) is 0 Å². The SMILES string of the molecule is O=C(COc1ccc(C2SCCS2)cc1)N1CCc2ccccc2C1. The molecule has 1 amide bonds. The minimum atomic E-state index is 0.0560. The van der Waals surface area contributed by atoms with Gasteiger partial charge < -0.3 is 9.64 Å². The fourth-order valence-electron chi connectivity index (χ4n) is 3.22. The van der Waals surface area contributed by atoms with Crippen LogP contribution < -0.4 is 4.74 Å². The third-order valence-electron chi connectivity index (χ3n) is 4.62. The fraction of sp³-hybridized carbons (Fsp3) is 0.350. The Morgan fingerprint density at radius 3 is 2.52 bits per heavy atom. The molecule has 25 heavy (non-hydrogen) atoms. The molecule has 2 heterocycles. The number of rotatable bonds is 4. The topological polar surface area (TPSA) is 29.5 Å². The lowest BCUT2D eigenvalue weighted by Crippen LogP contribution is -2.38. The van der Waals surface area contributed by atoms with Gasteiger partial charge in [-0.1, -0.05) is 36.4 Å². The summed E-state index contributed by atoms with van der Waals surface area (Å²) in [4.78, 5) is 14.3. The smallest absolute Gasteiger partial charge is 0.260 e. The molecule has 0 atom stereocenters. The zero-order valence-electron chi connectivity index (χ0n) is 14.0. The number of hydrogen-bond donors (Lipinski definition) is 0. The summed E-state index contributed by atoms with van der Waals surface area (Å²) in [5.74, 6) is 3.27. The first kappa shape index (κ1) is 16.9. The van der Waals surface area contributed by atoms with E-state index in [0.29, 0.717) is 11.1 Å². The maximum Gasteiger partial charge on any atom is 0.260 e. The summed E-state index contributed by atoms with van der Waals surface area (Å²) < 4.78 is 6.27. The molecule has 2 aromatic carbocycles. The van der Waals surface area contributed by atoms with Crippen LogP contribution in [0.25, 0.3) is 0 Å². The van der Waals surface area contributed by atoms with Crippen molar-refractivity contribution in [3.8, 4) is 5.75 Å². The van der Waals surface area contributed by atoms with Crippen molar-refractivity contribution in [3.05, 3.63) is 65.2 Å². The van der Waals surface area contributed by atoms with Crippen LogP contribution in [0.2, 0.25) is 0 Å². The van der Waals surface area contributed by atoms with E-state index in [0.717, 1.165) is 18.7 Å². The molecule has 2 aromatic rings. The molecule has 0 unspecified atom stereocenters. The van der Waals surface area contributed by atoms with Crippen molar-refractivity contribution < 1.29 is 9.53 Å². The lowest BCUT2D eigenvalue weighted by Gasteiger charge is -2.28. The summed E-state index contributed by atoms with van der Waals surface area (Å²) in [7, 11) is 0. The number of benzene rings is 2. The maximum atomic E-state index is 12.5. The largest absolute Gasteiger partial charge is 0.484 e. The Balaban J connectivity index is 1.31. The van der Waals surface area contributed by atoms with E-state index in [1.807, 2.05) is 46.6 Å². The van der Waals surface area contributed by atoms with Gasteiger partial charge in [0.25, 0.3) is 5.91 Å². The van der Waals surface area contributed by atoms with Gasteiger partial charge in [0.1, 0.15) is 5.75 Å². The summed E-state index contributed by atoms with van der Waals surface area (Å²) in [6, 6.07) is 16.5. The van der Waals surface area contributed by atoms with E-state index in [-0.39, 0.29) is 12.5 Å². The molecule has 130 valence electrons. The minimum absolute atomic E-state index is 0.0560. The first-order valence-corrected chi connectivity index (χ1v) is 10.7. The number of carbonyl (C=O) groups excluding carboxylic acids is 1. The first-order chi connectivity index (χ1) is 12.3. The lowest BCUT2D eigenvalue weighted by molar-refractivity contribution is -0.134. The molecule has 0 saturated carbocycles. The molecule has 2 aliphatic rings. The Morgan fingerprint density at radius 2 is 1.76 bits per heavy atom. The summed E-state index contributed by atoms with van der Waals surface area (Å²) in [6.07, 6.45) is 0.924. The van der Waals surface area contributed by atoms with Crippen molar-refractivity contribution in [2.24, 2.45) is 0 Å². The van der Waals surface area contributed by atoms with Crippen molar-refractivity contribution >= 4 is 29.4 Å². The highest BCUT2D eigenvalue weighted by molar-refractivity contribution is 8.19. The molecular weight excluding hydrogens is 350 g/mol. The Kier molecular flexibility index (Phi) is 5.22. The van der Waals surface area contributed by atoms with Crippen LogP contribution in [-0.4, -0.2) is 35.5 Å². The van der Waals surface area contributed by atoms with Gasteiger partial charge in [0.05, 0.1) is 4.58 Å². The fourth-order valence-corrected chi connectivity index (χ4v) is 6.08. The van der Waals surface area contributed by atoms with Gasteiger partial charge in [-0.15, -0.1) is 23.5 Å². The molecule has 0 aromatic heterocycles. The van der Waals surface area contributed by atoms with E-state index in [2.05, 4.69) is 30.3 Å². The van der Waals surface area contributed by atoms with E-state index in [1.54, 1.807) is 0 Å². The molecule has 0 radical (unpaired) electrons. The number of hydrogen-bond acceptors (Lipinski definition) is 4. The Bertz CT molecular complexity index is 742. The summed E-state index contributed by atoms with van der Waals surface area (Å²) >= 11 is 3.99. The third kappa shape index (κ3) is 3.98. The van der Waals surface area contributed by atoms with Gasteiger partial charge in [0.2, 0.25) is 0 Å². The zero-order chi connectivity index (χ0) is 17.1. The van der Waals surface area contributed by atoms with E-state index in [4.69, 9.17) is 4.74 Å². The molecular formula is C20H21NO2S2. The number of fused-ring (bicyclic) bond motifs is 1. The number of nitrogens with zero attached hydrogens (tertiary/aromatic N) is 1. The lowest BCUT2D eigenvalue weighted by atomic mass is 10.00. The number of ether oxygens (including phenoxy) is 1. The van der Waals surface area contributed by atoms with E-state index < -0.39 is 0 Å². The predicted molar refractivity (Wildman–Crippen MR) is 105 cm³/mol. The molecule has 1 saturated heterocycles. The Morgan fingerprint density at radius 1 is 1.04 bits per heavy atom. The van der Waals surface area contributed by atoms with Crippen LogP contribution in [-0.2, 0) is 17.8 Å². The molecule has 0 aliphatic carbocycles. The van der Waals surface area contributed by atoms with Crippen molar-refractivity contribution in [1.29, 1.82) is 0 Å². The number of carbonyl (C=O) groups is 1. The minimum Gasteiger partial charge on any atom is -0.484 e. The molecule has 1 fully saturated rings. The van der Waals surface area contributed by atoms with Gasteiger partial charge in [-0.2, -0.15) is 0 Å². The predicted octanol–water partition coefficient (Wildman–Crippen LogP) is 4.13. The highest BCUT2D eigenvalue weighted by Gasteiger charge is 2.21. The molecule has 0 spiro atoms. The summed E-state index contributed by atoms with van der Waals surface area (Å²) in [5.41, 5.74) is 3.93. The molecule has 5 heteroatoms. The molecule has 4 rings (SSSR count). The third-order valence-corrected chi connectivity index (χ3v) is 7.72. The molecule has 2 aliphatic heterocycles. The van der Waals surface area contributed by atoms with Gasteiger partial charge in [0.15, 0.2) is 6.61 Å².